The van der Waals surface area contributed by atoms with Gasteiger partial charge in [0.05, 0.1) is 4.92 Å². The number of benzene rings is 2. The van der Waals surface area contributed by atoms with E-state index in [9.17, 15) is 19.7 Å². The van der Waals surface area contributed by atoms with Crippen LogP contribution < -0.4 is 0 Å². The monoisotopic (exact) mass is 327 g/mol. The maximum Gasteiger partial charge on any atom is 0.270 e. The quantitative estimate of drug-likeness (QED) is 0.638. The van der Waals surface area contributed by atoms with Crippen molar-refractivity contribution in [2.24, 2.45) is 0 Å². The number of fused-ring (bicyclic) bond motifs is 1. The molecule has 1 aliphatic heterocycles. The van der Waals surface area contributed by atoms with E-state index in [4.69, 9.17) is 0 Å². The summed E-state index contributed by atoms with van der Waals surface area (Å²) in [6, 6.07) is 9.55. The van der Waals surface area contributed by atoms with Gasteiger partial charge < -0.3 is 9.80 Å². The third-order valence-corrected chi connectivity index (χ3v) is 4.29. The van der Waals surface area contributed by atoms with Crippen molar-refractivity contribution in [3.8, 4) is 0 Å². The molecule has 1 fully saturated rings. The molecule has 1 heterocycles. The van der Waals surface area contributed by atoms with Gasteiger partial charge in [-0.1, -0.05) is 12.1 Å². The molecule has 0 atom stereocenters. The smallest absolute Gasteiger partial charge is 0.270 e. The van der Waals surface area contributed by atoms with Gasteiger partial charge in [0.15, 0.2) is 0 Å². The normalized spacial score (nSPS) is 15.0. The molecular weight excluding hydrogens is 310 g/mol. The van der Waals surface area contributed by atoms with E-state index in [1.807, 2.05) is 6.92 Å². The molecular formula is C17H17N3O4. The van der Waals surface area contributed by atoms with Crippen molar-refractivity contribution in [2.75, 3.05) is 26.2 Å². The number of carbonyl (C=O) groups is 2. The lowest BCUT2D eigenvalue weighted by Gasteiger charge is -2.33. The van der Waals surface area contributed by atoms with Gasteiger partial charge in [-0.25, -0.2) is 0 Å². The van der Waals surface area contributed by atoms with Crippen LogP contribution in [0.25, 0.3) is 10.8 Å². The maximum absolute atomic E-state index is 12.8. The summed E-state index contributed by atoms with van der Waals surface area (Å²) in [6.45, 7) is 3.63. The van der Waals surface area contributed by atoms with E-state index in [-0.39, 0.29) is 24.0 Å². The predicted molar refractivity (Wildman–Crippen MR) is 88.8 cm³/mol. The third kappa shape index (κ3) is 2.80. The summed E-state index contributed by atoms with van der Waals surface area (Å²) in [5, 5.41) is 12.2. The summed E-state index contributed by atoms with van der Waals surface area (Å²) in [6.07, 6.45) is 0. The molecule has 2 amide bonds. The molecule has 7 nitrogen and oxygen atoms in total. The number of non-ortho nitro benzene ring substituents is 1. The second kappa shape index (κ2) is 6.27. The van der Waals surface area contributed by atoms with Crippen molar-refractivity contribution in [1.82, 2.24) is 9.80 Å². The number of nitro groups is 1. The number of amides is 2. The summed E-state index contributed by atoms with van der Waals surface area (Å²) in [5.74, 6) is -0.286. The number of hydrogen-bond donors (Lipinski definition) is 0. The standard InChI is InChI=1S/C17H17N3O4/c1-2-18-8-9-19(11-16(18)21)17(22)15-5-3-4-12-10-13(20(23)24)6-7-14(12)15/h3-7,10H,2,8-9,11H2,1H3. The van der Waals surface area contributed by atoms with E-state index in [2.05, 4.69) is 0 Å². The first kappa shape index (κ1) is 15.9. The molecule has 0 bridgehead atoms. The Kier molecular flexibility index (Phi) is 4.16. The van der Waals surface area contributed by atoms with Crippen LogP contribution >= 0.6 is 0 Å². The highest BCUT2D eigenvalue weighted by Gasteiger charge is 2.27. The van der Waals surface area contributed by atoms with Crippen molar-refractivity contribution in [2.45, 2.75) is 6.92 Å². The van der Waals surface area contributed by atoms with E-state index < -0.39 is 4.92 Å². The SMILES string of the molecule is CCN1CCN(C(=O)c2cccc3cc([N+](=O)[O-])ccc23)CC1=O. The first-order valence-corrected chi connectivity index (χ1v) is 7.75. The molecule has 0 spiro atoms. The largest absolute Gasteiger partial charge is 0.340 e. The van der Waals surface area contributed by atoms with Gasteiger partial charge in [-0.05, 0) is 29.8 Å². The van der Waals surface area contributed by atoms with E-state index in [1.54, 1.807) is 29.2 Å². The first-order valence-electron chi connectivity index (χ1n) is 7.75. The molecule has 0 radical (unpaired) electrons. The van der Waals surface area contributed by atoms with E-state index in [0.717, 1.165) is 0 Å². The van der Waals surface area contributed by atoms with Crippen molar-refractivity contribution in [3.63, 3.8) is 0 Å². The van der Waals surface area contributed by atoms with Gasteiger partial charge in [0.25, 0.3) is 11.6 Å². The van der Waals surface area contributed by atoms with E-state index in [1.165, 1.54) is 17.0 Å². The van der Waals surface area contributed by atoms with Crippen LogP contribution in [0.2, 0.25) is 0 Å². The molecule has 1 saturated heterocycles. The molecule has 24 heavy (non-hydrogen) atoms. The fourth-order valence-corrected chi connectivity index (χ4v) is 2.96. The predicted octanol–water partition coefficient (Wildman–Crippen LogP) is 2.05. The summed E-state index contributed by atoms with van der Waals surface area (Å²) in [5.41, 5.74) is 0.444. The summed E-state index contributed by atoms with van der Waals surface area (Å²) in [4.78, 5) is 38.5. The van der Waals surface area contributed by atoms with Crippen LogP contribution in [0.5, 0.6) is 0 Å². The zero-order chi connectivity index (χ0) is 17.3. The lowest BCUT2D eigenvalue weighted by molar-refractivity contribution is -0.384. The maximum atomic E-state index is 12.8. The Balaban J connectivity index is 1.93. The summed E-state index contributed by atoms with van der Waals surface area (Å²) < 4.78 is 0. The van der Waals surface area contributed by atoms with Gasteiger partial charge >= 0.3 is 0 Å². The Hall–Kier alpha value is -2.96. The Labute approximate surface area is 138 Å². The fraction of sp³-hybridized carbons (Fsp3) is 0.294. The van der Waals surface area contributed by atoms with Gasteiger partial charge in [0, 0.05) is 37.3 Å². The topological polar surface area (TPSA) is 83.8 Å². The van der Waals surface area contributed by atoms with Crippen LogP contribution in [-0.2, 0) is 4.79 Å². The van der Waals surface area contributed by atoms with E-state index >= 15 is 0 Å². The lowest BCUT2D eigenvalue weighted by Crippen LogP contribution is -2.52. The number of likely N-dealkylation sites (N-methyl/N-ethyl adjacent to an activating group) is 1. The lowest BCUT2D eigenvalue weighted by atomic mass is 10.0. The van der Waals surface area contributed by atoms with Crippen molar-refractivity contribution in [3.05, 3.63) is 52.1 Å². The minimum Gasteiger partial charge on any atom is -0.340 e. The molecule has 124 valence electrons. The van der Waals surface area contributed by atoms with Crippen molar-refractivity contribution in [1.29, 1.82) is 0 Å². The van der Waals surface area contributed by atoms with Crippen molar-refractivity contribution >= 4 is 28.3 Å². The molecule has 0 saturated carbocycles. The highest BCUT2D eigenvalue weighted by molar-refractivity contribution is 6.08. The molecule has 0 aromatic heterocycles. The molecule has 0 N–H and O–H groups in total. The molecule has 2 aromatic rings. The van der Waals surface area contributed by atoms with Crippen LogP contribution in [0.3, 0.4) is 0 Å². The number of piperazine rings is 1. The zero-order valence-corrected chi connectivity index (χ0v) is 13.3. The van der Waals surface area contributed by atoms with Crippen LogP contribution in [0, 0.1) is 10.1 Å². The fourth-order valence-electron chi connectivity index (χ4n) is 2.96. The third-order valence-electron chi connectivity index (χ3n) is 4.29. The molecule has 1 aliphatic rings. The Morgan fingerprint density at radius 2 is 2.04 bits per heavy atom. The number of hydrogen-bond acceptors (Lipinski definition) is 4. The van der Waals surface area contributed by atoms with Crippen LogP contribution in [0.15, 0.2) is 36.4 Å². The molecule has 0 aliphatic carbocycles. The Morgan fingerprint density at radius 3 is 2.71 bits per heavy atom. The van der Waals surface area contributed by atoms with Crippen LogP contribution in [0.1, 0.15) is 17.3 Å². The summed E-state index contributed by atoms with van der Waals surface area (Å²) in [7, 11) is 0. The van der Waals surface area contributed by atoms with Gasteiger partial charge in [-0.3, -0.25) is 19.7 Å². The Bertz CT molecular complexity index is 834. The van der Waals surface area contributed by atoms with Crippen LogP contribution in [-0.4, -0.2) is 52.7 Å². The highest BCUT2D eigenvalue weighted by Crippen LogP contribution is 2.25. The zero-order valence-electron chi connectivity index (χ0n) is 13.3. The number of nitro benzene ring substituents is 1. The highest BCUT2D eigenvalue weighted by atomic mass is 16.6. The Morgan fingerprint density at radius 1 is 1.25 bits per heavy atom. The minimum atomic E-state index is -0.462. The van der Waals surface area contributed by atoms with Gasteiger partial charge in [-0.15, -0.1) is 0 Å². The van der Waals surface area contributed by atoms with Gasteiger partial charge in [-0.2, -0.15) is 0 Å². The van der Waals surface area contributed by atoms with E-state index in [0.29, 0.717) is 36.0 Å². The van der Waals surface area contributed by atoms with Gasteiger partial charge in [0.1, 0.15) is 6.54 Å². The second-order valence-electron chi connectivity index (χ2n) is 5.67. The average molecular weight is 327 g/mol. The van der Waals surface area contributed by atoms with Crippen LogP contribution in [0.4, 0.5) is 5.69 Å². The molecule has 2 aromatic carbocycles. The number of carbonyl (C=O) groups excluding carboxylic acids is 2. The summed E-state index contributed by atoms with van der Waals surface area (Å²) >= 11 is 0. The number of rotatable bonds is 3. The van der Waals surface area contributed by atoms with Gasteiger partial charge in [0.2, 0.25) is 5.91 Å². The number of nitrogens with zero attached hydrogens (tertiary/aromatic N) is 3. The van der Waals surface area contributed by atoms with Crippen molar-refractivity contribution < 1.29 is 14.5 Å². The molecule has 3 rings (SSSR count). The molecule has 7 heteroatoms. The molecule has 0 unspecified atom stereocenters. The second-order valence-corrected chi connectivity index (χ2v) is 5.67. The first-order chi connectivity index (χ1) is 11.5. The average Bonchev–Trinajstić information content (AvgIpc) is 2.60. The minimum absolute atomic E-state index is 0.0150.